The Labute approximate surface area is 98.5 Å². The van der Waals surface area contributed by atoms with Crippen LogP contribution in [0.5, 0.6) is 0 Å². The normalized spacial score (nSPS) is 13.2. The topological polar surface area (TPSA) is 38.0 Å². The third-order valence-electron chi connectivity index (χ3n) is 2.63. The molecule has 0 aliphatic carbocycles. The molecule has 0 radical (unpaired) electrons. The number of hydrogen-bond donors (Lipinski definition) is 1. The minimum atomic E-state index is 0.0563. The fraction of sp³-hybridized carbons (Fsp3) is 0.769. The summed E-state index contributed by atoms with van der Waals surface area (Å²) in [6, 6.07) is 2.16. The predicted molar refractivity (Wildman–Crippen MR) is 66.7 cm³/mol. The van der Waals surface area contributed by atoms with Crippen molar-refractivity contribution in [3.63, 3.8) is 0 Å². The summed E-state index contributed by atoms with van der Waals surface area (Å²) < 4.78 is 1.93. The van der Waals surface area contributed by atoms with Crippen LogP contribution >= 0.6 is 0 Å². The molecule has 1 aromatic rings. The summed E-state index contributed by atoms with van der Waals surface area (Å²) in [4.78, 5) is 0. The molecule has 0 unspecified atom stereocenters. The van der Waals surface area contributed by atoms with E-state index in [0.717, 1.165) is 5.69 Å². The maximum Gasteiger partial charge on any atom is 0.0681 e. The van der Waals surface area contributed by atoms with E-state index in [-0.39, 0.29) is 17.4 Å². The van der Waals surface area contributed by atoms with Crippen molar-refractivity contribution in [3.05, 3.63) is 17.5 Å². The fourth-order valence-electron chi connectivity index (χ4n) is 1.65. The van der Waals surface area contributed by atoms with Gasteiger partial charge in [-0.2, -0.15) is 5.10 Å². The summed E-state index contributed by atoms with van der Waals surface area (Å²) in [5.41, 5.74) is 2.39. The van der Waals surface area contributed by atoms with Gasteiger partial charge in [-0.3, -0.25) is 4.68 Å². The lowest BCUT2D eigenvalue weighted by molar-refractivity contribution is 0.263. The van der Waals surface area contributed by atoms with Crippen molar-refractivity contribution >= 4 is 0 Å². The maximum atomic E-state index is 9.06. The molecule has 0 spiro atoms. The van der Waals surface area contributed by atoms with E-state index in [4.69, 9.17) is 5.11 Å². The van der Waals surface area contributed by atoms with E-state index in [0.29, 0.717) is 6.54 Å². The molecule has 1 N–H and O–H groups in total. The summed E-state index contributed by atoms with van der Waals surface area (Å²) in [5.74, 6) is 0. The molecule has 1 heterocycles. The zero-order valence-electron chi connectivity index (χ0n) is 11.3. The van der Waals surface area contributed by atoms with Gasteiger partial charge in [-0.25, -0.2) is 0 Å². The highest BCUT2D eigenvalue weighted by atomic mass is 16.3. The first-order chi connectivity index (χ1) is 7.16. The van der Waals surface area contributed by atoms with E-state index in [1.54, 1.807) is 0 Å². The molecule has 0 bridgehead atoms. The fourth-order valence-corrected chi connectivity index (χ4v) is 1.65. The van der Waals surface area contributed by atoms with Crippen LogP contribution in [-0.4, -0.2) is 21.5 Å². The molecule has 0 atom stereocenters. The Bertz CT molecular complexity index is 353. The van der Waals surface area contributed by atoms with Crippen molar-refractivity contribution in [3.8, 4) is 0 Å². The zero-order valence-corrected chi connectivity index (χ0v) is 11.3. The van der Waals surface area contributed by atoms with Crippen LogP contribution in [0.3, 0.4) is 0 Å². The number of nitrogens with zero attached hydrogens (tertiary/aromatic N) is 2. The van der Waals surface area contributed by atoms with Gasteiger partial charge < -0.3 is 5.11 Å². The van der Waals surface area contributed by atoms with Crippen molar-refractivity contribution in [2.24, 2.45) is 0 Å². The summed E-state index contributed by atoms with van der Waals surface area (Å²) in [6.45, 7) is 13.7. The Morgan fingerprint density at radius 1 is 1.12 bits per heavy atom. The largest absolute Gasteiger partial charge is 0.394 e. The first-order valence-electron chi connectivity index (χ1n) is 5.86. The highest BCUT2D eigenvalue weighted by molar-refractivity contribution is 5.22. The summed E-state index contributed by atoms with van der Waals surface area (Å²) in [5, 5.41) is 13.7. The molecule has 1 rings (SSSR count). The Morgan fingerprint density at radius 3 is 2.06 bits per heavy atom. The van der Waals surface area contributed by atoms with Gasteiger partial charge in [0.15, 0.2) is 0 Å². The standard InChI is InChI=1S/C13H24N2O/c1-12(2,3)10-9-11(13(4,5)6)15(14-10)7-8-16/h9,16H,7-8H2,1-6H3. The molecule has 1 aromatic heterocycles. The Balaban J connectivity index is 3.21. The van der Waals surface area contributed by atoms with Crippen molar-refractivity contribution in [2.45, 2.75) is 58.9 Å². The van der Waals surface area contributed by atoms with Crippen molar-refractivity contribution < 1.29 is 5.11 Å². The lowest BCUT2D eigenvalue weighted by atomic mass is 9.88. The lowest BCUT2D eigenvalue weighted by Gasteiger charge is -2.19. The van der Waals surface area contributed by atoms with E-state index >= 15 is 0 Å². The molecule has 0 amide bonds. The van der Waals surface area contributed by atoms with E-state index in [1.165, 1.54) is 5.69 Å². The Morgan fingerprint density at radius 2 is 1.69 bits per heavy atom. The lowest BCUT2D eigenvalue weighted by Crippen LogP contribution is -2.19. The third-order valence-corrected chi connectivity index (χ3v) is 2.63. The maximum absolute atomic E-state index is 9.06. The highest BCUT2D eigenvalue weighted by Crippen LogP contribution is 2.28. The van der Waals surface area contributed by atoms with Crippen molar-refractivity contribution in [2.75, 3.05) is 6.61 Å². The number of rotatable bonds is 2. The van der Waals surface area contributed by atoms with Gasteiger partial charge in [0.05, 0.1) is 18.8 Å². The monoisotopic (exact) mass is 224 g/mol. The molecule has 16 heavy (non-hydrogen) atoms. The average Bonchev–Trinajstić information content (AvgIpc) is 2.46. The zero-order chi connectivity index (χ0) is 12.6. The van der Waals surface area contributed by atoms with Crippen LogP contribution in [0.2, 0.25) is 0 Å². The van der Waals surface area contributed by atoms with Crippen molar-refractivity contribution in [1.82, 2.24) is 9.78 Å². The molecular weight excluding hydrogens is 200 g/mol. The second-order valence-corrected chi connectivity index (χ2v) is 6.36. The number of aliphatic hydroxyl groups is 1. The van der Waals surface area contributed by atoms with Gasteiger partial charge in [0.1, 0.15) is 0 Å². The molecule has 0 aliphatic heterocycles. The molecule has 92 valence electrons. The Kier molecular flexibility index (Phi) is 3.48. The Hall–Kier alpha value is -0.830. The summed E-state index contributed by atoms with van der Waals surface area (Å²) >= 11 is 0. The highest BCUT2D eigenvalue weighted by Gasteiger charge is 2.25. The van der Waals surface area contributed by atoms with Gasteiger partial charge in [0.2, 0.25) is 0 Å². The van der Waals surface area contributed by atoms with Crippen LogP contribution < -0.4 is 0 Å². The molecular formula is C13H24N2O. The average molecular weight is 224 g/mol. The second-order valence-electron chi connectivity index (χ2n) is 6.36. The minimum Gasteiger partial charge on any atom is -0.394 e. The first-order valence-corrected chi connectivity index (χ1v) is 5.86. The van der Waals surface area contributed by atoms with Gasteiger partial charge in [0.25, 0.3) is 0 Å². The third kappa shape index (κ3) is 2.85. The van der Waals surface area contributed by atoms with Crippen molar-refractivity contribution in [1.29, 1.82) is 0 Å². The predicted octanol–water partition coefficient (Wildman–Crippen LogP) is 2.47. The molecule has 0 fully saturated rings. The molecule has 0 saturated heterocycles. The first kappa shape index (κ1) is 13.2. The molecule has 0 saturated carbocycles. The molecule has 0 aromatic carbocycles. The number of hydrogen-bond acceptors (Lipinski definition) is 2. The van der Waals surface area contributed by atoms with Crippen LogP contribution in [-0.2, 0) is 17.4 Å². The quantitative estimate of drug-likeness (QED) is 0.838. The van der Waals surface area contributed by atoms with Crippen LogP contribution in [0.1, 0.15) is 52.9 Å². The minimum absolute atomic E-state index is 0.0563. The smallest absolute Gasteiger partial charge is 0.0681 e. The van der Waals surface area contributed by atoms with Crippen LogP contribution in [0.15, 0.2) is 6.07 Å². The van der Waals surface area contributed by atoms with Gasteiger partial charge >= 0.3 is 0 Å². The van der Waals surface area contributed by atoms with Gasteiger partial charge in [-0.15, -0.1) is 0 Å². The van der Waals surface area contributed by atoms with Crippen LogP contribution in [0.25, 0.3) is 0 Å². The van der Waals surface area contributed by atoms with Gasteiger partial charge in [0, 0.05) is 16.5 Å². The van der Waals surface area contributed by atoms with Crippen LogP contribution in [0, 0.1) is 0 Å². The van der Waals surface area contributed by atoms with E-state index < -0.39 is 0 Å². The number of aromatic nitrogens is 2. The van der Waals surface area contributed by atoms with Gasteiger partial charge in [-0.05, 0) is 6.07 Å². The molecule has 3 heteroatoms. The van der Waals surface area contributed by atoms with E-state index in [2.05, 4.69) is 52.7 Å². The van der Waals surface area contributed by atoms with E-state index in [1.807, 2.05) is 4.68 Å². The molecule has 3 nitrogen and oxygen atoms in total. The van der Waals surface area contributed by atoms with Crippen LogP contribution in [0.4, 0.5) is 0 Å². The number of aliphatic hydroxyl groups excluding tert-OH is 1. The summed E-state index contributed by atoms with van der Waals surface area (Å²) in [6.07, 6.45) is 0. The van der Waals surface area contributed by atoms with Gasteiger partial charge in [-0.1, -0.05) is 41.5 Å². The SMILES string of the molecule is CC(C)(C)c1cc(C(C)(C)C)n(CCO)n1. The summed E-state index contributed by atoms with van der Waals surface area (Å²) in [7, 11) is 0. The second kappa shape index (κ2) is 4.21. The molecule has 0 aliphatic rings. The van der Waals surface area contributed by atoms with E-state index in [9.17, 15) is 0 Å².